The summed E-state index contributed by atoms with van der Waals surface area (Å²) >= 11 is 0. The number of carbonyl (C=O) groups excluding carboxylic acids is 1. The number of amides is 1. The van der Waals surface area contributed by atoms with Crippen molar-refractivity contribution in [1.29, 1.82) is 0 Å². The molecular weight excluding hydrogens is 252 g/mol. The third-order valence-corrected chi connectivity index (χ3v) is 3.25. The molecule has 0 unspecified atom stereocenters. The van der Waals surface area contributed by atoms with Gasteiger partial charge in [-0.2, -0.15) is 0 Å². The summed E-state index contributed by atoms with van der Waals surface area (Å²) in [5.41, 5.74) is 7.56. The second-order valence-corrected chi connectivity index (χ2v) is 5.65. The van der Waals surface area contributed by atoms with Crippen LogP contribution in [0.5, 0.6) is 0 Å². The number of nitrogens with one attached hydrogen (secondary N) is 1. The Morgan fingerprint density at radius 1 is 1.30 bits per heavy atom. The monoisotopic (exact) mass is 278 g/mol. The first kappa shape index (κ1) is 16.7. The number of hydrogen-bond donors (Lipinski definition) is 3. The normalized spacial score (nSPS) is 12.4. The SMILES string of the molecule is CC(C)C[C@H](CN)CC(=O)Nc1ccc(CCO)cc1. The fourth-order valence-electron chi connectivity index (χ4n) is 2.29. The van der Waals surface area contributed by atoms with Crippen molar-refractivity contribution >= 4 is 11.6 Å². The Morgan fingerprint density at radius 3 is 2.45 bits per heavy atom. The topological polar surface area (TPSA) is 75.4 Å². The number of nitrogens with two attached hydrogens (primary N) is 1. The Balaban J connectivity index is 2.48. The standard InChI is InChI=1S/C16H26N2O2/c1-12(2)9-14(11-17)10-16(20)18-15-5-3-13(4-6-15)7-8-19/h3-6,12,14,19H,7-11,17H2,1-2H3,(H,18,20)/t14-/m0/s1. The lowest BCUT2D eigenvalue weighted by atomic mass is 9.94. The van der Waals surface area contributed by atoms with Gasteiger partial charge >= 0.3 is 0 Å². The lowest BCUT2D eigenvalue weighted by Crippen LogP contribution is -2.23. The second kappa shape index (κ2) is 8.72. The molecule has 112 valence electrons. The summed E-state index contributed by atoms with van der Waals surface area (Å²) in [6.07, 6.45) is 2.07. The van der Waals surface area contributed by atoms with E-state index in [1.165, 1.54) is 0 Å². The van der Waals surface area contributed by atoms with Gasteiger partial charge in [-0.1, -0.05) is 26.0 Å². The van der Waals surface area contributed by atoms with Gasteiger partial charge in [0.1, 0.15) is 0 Å². The van der Waals surface area contributed by atoms with Gasteiger partial charge < -0.3 is 16.2 Å². The van der Waals surface area contributed by atoms with E-state index in [0.717, 1.165) is 17.7 Å². The van der Waals surface area contributed by atoms with Gasteiger partial charge in [0.05, 0.1) is 0 Å². The average molecular weight is 278 g/mol. The number of benzene rings is 1. The van der Waals surface area contributed by atoms with Crippen LogP contribution in [-0.4, -0.2) is 24.2 Å². The van der Waals surface area contributed by atoms with E-state index in [-0.39, 0.29) is 18.4 Å². The van der Waals surface area contributed by atoms with Crippen LogP contribution in [0.2, 0.25) is 0 Å². The number of aliphatic hydroxyl groups is 1. The minimum Gasteiger partial charge on any atom is -0.396 e. The highest BCUT2D eigenvalue weighted by Crippen LogP contribution is 2.16. The zero-order valence-corrected chi connectivity index (χ0v) is 12.4. The van der Waals surface area contributed by atoms with Crippen molar-refractivity contribution in [1.82, 2.24) is 0 Å². The van der Waals surface area contributed by atoms with Crippen LogP contribution in [0.3, 0.4) is 0 Å². The molecule has 0 saturated heterocycles. The summed E-state index contributed by atoms with van der Waals surface area (Å²) in [7, 11) is 0. The van der Waals surface area contributed by atoms with E-state index >= 15 is 0 Å². The number of hydrogen-bond acceptors (Lipinski definition) is 3. The molecule has 1 rings (SSSR count). The smallest absolute Gasteiger partial charge is 0.224 e. The molecule has 1 amide bonds. The molecule has 0 aliphatic rings. The van der Waals surface area contributed by atoms with Crippen molar-refractivity contribution in [3.8, 4) is 0 Å². The van der Waals surface area contributed by atoms with Crippen LogP contribution in [0.1, 0.15) is 32.3 Å². The molecule has 1 atom stereocenters. The summed E-state index contributed by atoms with van der Waals surface area (Å²) in [4.78, 5) is 12.0. The van der Waals surface area contributed by atoms with E-state index in [0.29, 0.717) is 25.3 Å². The molecule has 0 aliphatic carbocycles. The van der Waals surface area contributed by atoms with E-state index in [2.05, 4.69) is 19.2 Å². The highest BCUT2D eigenvalue weighted by Gasteiger charge is 2.14. The molecule has 0 aromatic heterocycles. The molecule has 1 aromatic rings. The molecule has 0 aliphatic heterocycles. The average Bonchev–Trinajstić information content (AvgIpc) is 2.40. The number of aliphatic hydroxyl groups excluding tert-OH is 1. The second-order valence-electron chi connectivity index (χ2n) is 5.65. The molecule has 1 aromatic carbocycles. The van der Waals surface area contributed by atoms with E-state index < -0.39 is 0 Å². The summed E-state index contributed by atoms with van der Waals surface area (Å²) in [5, 5.41) is 11.7. The van der Waals surface area contributed by atoms with Crippen molar-refractivity contribution < 1.29 is 9.90 Å². The lowest BCUT2D eigenvalue weighted by molar-refractivity contribution is -0.117. The first-order valence-corrected chi connectivity index (χ1v) is 7.24. The summed E-state index contributed by atoms with van der Waals surface area (Å²) in [5.74, 6) is 0.800. The molecule has 0 spiro atoms. The quantitative estimate of drug-likeness (QED) is 0.682. The largest absolute Gasteiger partial charge is 0.396 e. The van der Waals surface area contributed by atoms with E-state index in [4.69, 9.17) is 10.8 Å². The number of rotatable bonds is 8. The molecule has 4 N–H and O–H groups in total. The molecule has 4 nitrogen and oxygen atoms in total. The van der Waals surface area contributed by atoms with Gasteiger partial charge in [0.15, 0.2) is 0 Å². The Kier molecular flexibility index (Phi) is 7.26. The molecule has 0 saturated carbocycles. The van der Waals surface area contributed by atoms with Crippen LogP contribution >= 0.6 is 0 Å². The Labute approximate surface area is 121 Å². The van der Waals surface area contributed by atoms with E-state index in [1.54, 1.807) is 0 Å². The van der Waals surface area contributed by atoms with Crippen LogP contribution in [0, 0.1) is 11.8 Å². The molecule has 4 heteroatoms. The molecule has 0 fully saturated rings. The van der Waals surface area contributed by atoms with Crippen molar-refractivity contribution in [3.63, 3.8) is 0 Å². The summed E-state index contributed by atoms with van der Waals surface area (Å²) < 4.78 is 0. The van der Waals surface area contributed by atoms with E-state index in [9.17, 15) is 4.79 Å². The predicted molar refractivity (Wildman–Crippen MR) is 82.5 cm³/mol. The van der Waals surface area contributed by atoms with Crippen LogP contribution in [-0.2, 0) is 11.2 Å². The summed E-state index contributed by atoms with van der Waals surface area (Å²) in [6, 6.07) is 7.56. The first-order chi connectivity index (χ1) is 9.55. The minimum absolute atomic E-state index is 0.0102. The van der Waals surface area contributed by atoms with Crippen LogP contribution in [0.25, 0.3) is 0 Å². The van der Waals surface area contributed by atoms with Gasteiger partial charge in [0.25, 0.3) is 0 Å². The third-order valence-electron chi connectivity index (χ3n) is 3.25. The lowest BCUT2D eigenvalue weighted by Gasteiger charge is -2.16. The van der Waals surface area contributed by atoms with Gasteiger partial charge in [0.2, 0.25) is 5.91 Å². The Bertz CT molecular complexity index is 401. The fraction of sp³-hybridized carbons (Fsp3) is 0.562. The Morgan fingerprint density at radius 2 is 1.95 bits per heavy atom. The maximum Gasteiger partial charge on any atom is 0.224 e. The van der Waals surface area contributed by atoms with Gasteiger partial charge in [-0.3, -0.25) is 4.79 Å². The maximum absolute atomic E-state index is 12.0. The predicted octanol–water partition coefficient (Wildman–Crippen LogP) is 2.17. The van der Waals surface area contributed by atoms with E-state index in [1.807, 2.05) is 24.3 Å². The zero-order valence-electron chi connectivity index (χ0n) is 12.4. The fourth-order valence-corrected chi connectivity index (χ4v) is 2.29. The van der Waals surface area contributed by atoms with Crippen molar-refractivity contribution in [3.05, 3.63) is 29.8 Å². The molecule has 0 bridgehead atoms. The van der Waals surface area contributed by atoms with Crippen LogP contribution < -0.4 is 11.1 Å². The van der Waals surface area contributed by atoms with Crippen molar-refractivity contribution in [2.45, 2.75) is 33.1 Å². The highest BCUT2D eigenvalue weighted by molar-refractivity contribution is 5.90. The van der Waals surface area contributed by atoms with Gasteiger partial charge in [-0.25, -0.2) is 0 Å². The maximum atomic E-state index is 12.0. The molecule has 0 heterocycles. The van der Waals surface area contributed by atoms with Gasteiger partial charge in [0, 0.05) is 18.7 Å². The molecular formula is C16H26N2O2. The number of carbonyl (C=O) groups is 1. The van der Waals surface area contributed by atoms with Gasteiger partial charge in [-0.15, -0.1) is 0 Å². The first-order valence-electron chi connectivity index (χ1n) is 7.24. The van der Waals surface area contributed by atoms with Gasteiger partial charge in [-0.05, 0) is 48.9 Å². The zero-order chi connectivity index (χ0) is 15.0. The van der Waals surface area contributed by atoms with Crippen LogP contribution in [0.15, 0.2) is 24.3 Å². The third kappa shape index (κ3) is 6.17. The summed E-state index contributed by atoms with van der Waals surface area (Å²) in [6.45, 7) is 4.96. The van der Waals surface area contributed by atoms with Crippen LogP contribution in [0.4, 0.5) is 5.69 Å². The van der Waals surface area contributed by atoms with Crippen molar-refractivity contribution in [2.75, 3.05) is 18.5 Å². The van der Waals surface area contributed by atoms with Crippen molar-refractivity contribution in [2.24, 2.45) is 17.6 Å². The Hall–Kier alpha value is -1.39. The molecule has 0 radical (unpaired) electrons. The number of anilines is 1. The molecule has 20 heavy (non-hydrogen) atoms. The minimum atomic E-state index is 0.0102. The highest BCUT2D eigenvalue weighted by atomic mass is 16.2.